The van der Waals surface area contributed by atoms with Crippen molar-refractivity contribution in [3.05, 3.63) is 42.5 Å². The molecule has 35 heavy (non-hydrogen) atoms. The summed E-state index contributed by atoms with van der Waals surface area (Å²) in [6.07, 6.45) is 5.46. The molecule has 0 fully saturated rings. The average Bonchev–Trinajstić information content (AvgIpc) is 2.95. The van der Waals surface area contributed by atoms with Gasteiger partial charge in [0.1, 0.15) is 18.4 Å². The molecule has 0 aromatic heterocycles. The summed E-state index contributed by atoms with van der Waals surface area (Å²) in [4.78, 5) is 14.6. The van der Waals surface area contributed by atoms with Crippen molar-refractivity contribution >= 4 is 38.9 Å². The zero-order valence-electron chi connectivity index (χ0n) is 20.9. The molecule has 0 spiro atoms. The van der Waals surface area contributed by atoms with Gasteiger partial charge in [0, 0.05) is 23.7 Å². The Morgan fingerprint density at radius 1 is 1.26 bits per heavy atom. The molecular weight excluding hydrogens is 484 g/mol. The molecule has 7 nitrogen and oxygen atoms in total. The summed E-state index contributed by atoms with van der Waals surface area (Å²) in [5.74, 6) is -0.578. The highest BCUT2D eigenvalue weighted by Gasteiger charge is 2.42. The van der Waals surface area contributed by atoms with Crippen LogP contribution in [-0.2, 0) is 14.6 Å². The minimum absolute atomic E-state index is 0.0686. The highest BCUT2D eigenvalue weighted by atomic mass is 32.2. The number of nitrogens with zero attached hydrogens (tertiary/aromatic N) is 1. The summed E-state index contributed by atoms with van der Waals surface area (Å²) >= 11 is 1.45. The summed E-state index contributed by atoms with van der Waals surface area (Å²) in [5.41, 5.74) is 1.20. The van der Waals surface area contributed by atoms with E-state index in [4.69, 9.17) is 4.74 Å². The number of fused-ring (bicyclic) bond motifs is 1. The number of anilines is 2. The molecule has 9 heteroatoms. The van der Waals surface area contributed by atoms with Gasteiger partial charge >= 0.3 is 5.97 Å². The van der Waals surface area contributed by atoms with Crippen LogP contribution < -0.4 is 15.0 Å². The quantitative estimate of drug-likeness (QED) is 0.401. The van der Waals surface area contributed by atoms with E-state index in [1.54, 1.807) is 13.1 Å². The maximum Gasteiger partial charge on any atom is 0.324 e. The van der Waals surface area contributed by atoms with Crippen molar-refractivity contribution < 1.29 is 23.1 Å². The van der Waals surface area contributed by atoms with Crippen LogP contribution in [-0.4, -0.2) is 57.7 Å². The maximum absolute atomic E-state index is 13.9. The predicted octanol–water partition coefficient (Wildman–Crippen LogP) is 4.97. The molecule has 2 aromatic rings. The Hall–Kier alpha value is -2.23. The third kappa shape index (κ3) is 6.13. The number of carboxylic acids is 1. The molecule has 192 valence electrons. The smallest absolute Gasteiger partial charge is 0.324 e. The number of para-hydroxylation sites is 1. The van der Waals surface area contributed by atoms with Crippen LogP contribution in [0.4, 0.5) is 11.4 Å². The molecule has 3 rings (SSSR count). The Kier molecular flexibility index (Phi) is 9.12. The summed E-state index contributed by atoms with van der Waals surface area (Å²) in [5, 5.41) is 12.1. The summed E-state index contributed by atoms with van der Waals surface area (Å²) in [6, 6.07) is 12.5. The number of rotatable bonds is 11. The van der Waals surface area contributed by atoms with Crippen LogP contribution >= 0.6 is 11.8 Å². The number of hydrogen-bond donors (Lipinski definition) is 2. The van der Waals surface area contributed by atoms with Crippen molar-refractivity contribution in [3.63, 3.8) is 0 Å². The van der Waals surface area contributed by atoms with Crippen LogP contribution in [0, 0.1) is 5.41 Å². The Balaban J connectivity index is 2.17. The van der Waals surface area contributed by atoms with Gasteiger partial charge in [0.15, 0.2) is 9.84 Å². The average molecular weight is 521 g/mol. The molecule has 2 atom stereocenters. The van der Waals surface area contributed by atoms with Crippen molar-refractivity contribution in [3.8, 4) is 5.75 Å². The first-order valence-electron chi connectivity index (χ1n) is 12.0. The number of aliphatic carboxylic acids is 1. The topological polar surface area (TPSA) is 95.9 Å². The van der Waals surface area contributed by atoms with E-state index < -0.39 is 21.8 Å². The largest absolute Gasteiger partial charge is 0.490 e. The second-order valence-corrected chi connectivity index (χ2v) is 11.9. The standard InChI is InChI=1S/C26H36N2O5S2/c1-5-7-13-26(6-2)17-28(19-11-9-8-10-12-19)21-14-23(34-4)22(15-24(21)35(31,32)18-26)33-16-20(27-3)25(29)30/h8-12,14-15,20,27H,5-7,13,16-18H2,1-4H3,(H,29,30). The molecule has 2 unspecified atom stereocenters. The van der Waals surface area contributed by atoms with Crippen molar-refractivity contribution in [1.29, 1.82) is 0 Å². The molecule has 1 aliphatic heterocycles. The van der Waals surface area contributed by atoms with Crippen LogP contribution in [0.3, 0.4) is 0 Å². The van der Waals surface area contributed by atoms with Crippen LogP contribution in [0.1, 0.15) is 39.5 Å². The van der Waals surface area contributed by atoms with Gasteiger partial charge < -0.3 is 20.1 Å². The highest BCUT2D eigenvalue weighted by molar-refractivity contribution is 7.98. The lowest BCUT2D eigenvalue weighted by atomic mass is 9.81. The lowest BCUT2D eigenvalue weighted by Crippen LogP contribution is -2.39. The van der Waals surface area contributed by atoms with Crippen molar-refractivity contribution in [2.24, 2.45) is 5.41 Å². The van der Waals surface area contributed by atoms with Gasteiger partial charge in [-0.15, -0.1) is 11.8 Å². The molecule has 1 aliphatic rings. The zero-order valence-corrected chi connectivity index (χ0v) is 22.5. The summed E-state index contributed by atoms with van der Waals surface area (Å²) in [7, 11) is -2.09. The number of carboxylic acid groups (broad SMARTS) is 1. The molecule has 2 aromatic carbocycles. The van der Waals surface area contributed by atoms with Gasteiger partial charge in [0.05, 0.1) is 21.2 Å². The van der Waals surface area contributed by atoms with E-state index in [1.807, 2.05) is 42.7 Å². The first-order valence-corrected chi connectivity index (χ1v) is 14.9. The molecule has 0 amide bonds. The number of nitrogens with one attached hydrogen (secondary N) is 1. The number of sulfone groups is 1. The molecule has 1 heterocycles. The fraction of sp³-hybridized carbons (Fsp3) is 0.500. The van der Waals surface area contributed by atoms with E-state index in [0.717, 1.165) is 36.3 Å². The van der Waals surface area contributed by atoms with E-state index >= 15 is 0 Å². The second kappa shape index (κ2) is 11.7. The van der Waals surface area contributed by atoms with Gasteiger partial charge in [-0.1, -0.05) is 44.9 Å². The molecular formula is C26H36N2O5S2. The van der Waals surface area contributed by atoms with Gasteiger partial charge in [-0.3, -0.25) is 4.79 Å². The van der Waals surface area contributed by atoms with E-state index in [0.29, 0.717) is 18.0 Å². The lowest BCUT2D eigenvalue weighted by molar-refractivity contribution is -0.140. The van der Waals surface area contributed by atoms with Crippen LogP contribution in [0.2, 0.25) is 0 Å². The van der Waals surface area contributed by atoms with Gasteiger partial charge in [-0.25, -0.2) is 8.42 Å². The van der Waals surface area contributed by atoms with Gasteiger partial charge in [-0.05, 0) is 44.3 Å². The molecule has 0 radical (unpaired) electrons. The van der Waals surface area contributed by atoms with Crippen LogP contribution in [0.25, 0.3) is 0 Å². The second-order valence-electron chi connectivity index (χ2n) is 9.10. The monoisotopic (exact) mass is 520 g/mol. The summed E-state index contributed by atoms with van der Waals surface area (Å²) < 4.78 is 33.6. The van der Waals surface area contributed by atoms with E-state index in [2.05, 4.69) is 24.1 Å². The number of benzene rings is 2. The number of ether oxygens (including phenoxy) is 1. The number of likely N-dealkylation sites (N-methyl/N-ethyl adjacent to an activating group) is 1. The van der Waals surface area contributed by atoms with Crippen LogP contribution in [0.5, 0.6) is 5.75 Å². The Morgan fingerprint density at radius 2 is 1.97 bits per heavy atom. The molecule has 0 bridgehead atoms. The first kappa shape index (κ1) is 27.4. The Morgan fingerprint density at radius 3 is 2.54 bits per heavy atom. The van der Waals surface area contributed by atoms with E-state index in [9.17, 15) is 18.3 Å². The fourth-order valence-corrected chi connectivity index (χ4v) is 7.32. The van der Waals surface area contributed by atoms with Crippen molar-refractivity contribution in [2.45, 2.75) is 55.4 Å². The zero-order chi connectivity index (χ0) is 25.6. The highest BCUT2D eigenvalue weighted by Crippen LogP contribution is 2.47. The fourth-order valence-electron chi connectivity index (χ4n) is 4.59. The molecule has 0 saturated heterocycles. The van der Waals surface area contributed by atoms with Crippen molar-refractivity contribution in [1.82, 2.24) is 5.32 Å². The number of unbranched alkanes of at least 4 members (excludes halogenated alkanes) is 1. The molecule has 2 N–H and O–H groups in total. The number of carbonyl (C=O) groups is 1. The molecule has 0 saturated carbocycles. The summed E-state index contributed by atoms with van der Waals surface area (Å²) in [6.45, 7) is 4.70. The lowest BCUT2D eigenvalue weighted by Gasteiger charge is -2.36. The third-order valence-electron chi connectivity index (χ3n) is 6.79. The maximum atomic E-state index is 13.9. The minimum atomic E-state index is -3.64. The van der Waals surface area contributed by atoms with E-state index in [-0.39, 0.29) is 22.7 Å². The van der Waals surface area contributed by atoms with Gasteiger partial charge in [0.2, 0.25) is 0 Å². The van der Waals surface area contributed by atoms with Crippen molar-refractivity contribution in [2.75, 3.05) is 37.1 Å². The number of hydrogen-bond acceptors (Lipinski definition) is 7. The molecule has 0 aliphatic carbocycles. The van der Waals surface area contributed by atoms with Crippen LogP contribution in [0.15, 0.2) is 52.3 Å². The normalized spacial score (nSPS) is 20.1. The number of thioether (sulfide) groups is 1. The van der Waals surface area contributed by atoms with Gasteiger partial charge in [-0.2, -0.15) is 0 Å². The Bertz CT molecular complexity index is 1120. The Labute approximate surface area is 213 Å². The third-order valence-corrected chi connectivity index (χ3v) is 9.54. The predicted molar refractivity (Wildman–Crippen MR) is 142 cm³/mol. The van der Waals surface area contributed by atoms with Gasteiger partial charge in [0.25, 0.3) is 0 Å². The minimum Gasteiger partial charge on any atom is -0.490 e. The van der Waals surface area contributed by atoms with E-state index in [1.165, 1.54) is 11.8 Å². The SMILES string of the molecule is CCCCC1(CC)CN(c2ccccc2)c2cc(SC)c(OCC(NC)C(=O)O)cc2S(=O)(=O)C1. The first-order chi connectivity index (χ1) is 16.7.